The predicted molar refractivity (Wildman–Crippen MR) is 83.9 cm³/mol. The van der Waals surface area contributed by atoms with Gasteiger partial charge in [0.2, 0.25) is 5.76 Å². The number of hydrogen-bond acceptors (Lipinski definition) is 6. The molecule has 1 N–H and O–H groups in total. The fraction of sp³-hybridized carbons (Fsp3) is 0.312. The maximum absolute atomic E-state index is 12.1. The summed E-state index contributed by atoms with van der Waals surface area (Å²) in [6.07, 6.45) is 7.35. The first-order valence-electron chi connectivity index (χ1n) is 7.85. The van der Waals surface area contributed by atoms with Crippen LogP contribution in [0.4, 0.5) is 0 Å². The van der Waals surface area contributed by atoms with Crippen molar-refractivity contribution in [1.29, 1.82) is 0 Å². The van der Waals surface area contributed by atoms with Crippen molar-refractivity contribution in [2.24, 2.45) is 0 Å². The summed E-state index contributed by atoms with van der Waals surface area (Å²) >= 11 is 0. The molecule has 0 bridgehead atoms. The molecule has 0 aromatic carbocycles. The van der Waals surface area contributed by atoms with Crippen LogP contribution >= 0.6 is 0 Å². The van der Waals surface area contributed by atoms with E-state index in [2.05, 4.69) is 30.2 Å². The Morgan fingerprint density at radius 3 is 3.00 bits per heavy atom. The molecule has 1 unspecified atom stereocenters. The molecule has 4 rings (SSSR count). The van der Waals surface area contributed by atoms with Gasteiger partial charge in [0.25, 0.3) is 5.91 Å². The third kappa shape index (κ3) is 2.78. The Hall–Kier alpha value is -3.03. The summed E-state index contributed by atoms with van der Waals surface area (Å²) in [5.74, 6) is 1.75. The third-order valence-electron chi connectivity index (χ3n) is 4.16. The number of carbonyl (C=O) groups excluding carboxylic acids is 1. The van der Waals surface area contributed by atoms with E-state index in [9.17, 15) is 4.79 Å². The molecule has 24 heavy (non-hydrogen) atoms. The van der Waals surface area contributed by atoms with Gasteiger partial charge in [-0.3, -0.25) is 9.78 Å². The number of rotatable bonds is 3. The Morgan fingerprint density at radius 1 is 1.25 bits per heavy atom. The molecule has 122 valence electrons. The SMILES string of the molecule is O=C(NC1CCc2nnc(-c3cccnc3)n2CC1)c1ccno1. The molecule has 1 amide bonds. The van der Waals surface area contributed by atoms with Gasteiger partial charge < -0.3 is 14.4 Å². The maximum Gasteiger partial charge on any atom is 0.290 e. The average molecular weight is 324 g/mol. The van der Waals surface area contributed by atoms with Gasteiger partial charge in [-0.1, -0.05) is 5.16 Å². The smallest absolute Gasteiger partial charge is 0.290 e. The largest absolute Gasteiger partial charge is 0.351 e. The normalized spacial score (nSPS) is 17.1. The Kier molecular flexibility index (Phi) is 3.78. The van der Waals surface area contributed by atoms with Crippen molar-refractivity contribution >= 4 is 5.91 Å². The molecular formula is C16H16N6O2. The van der Waals surface area contributed by atoms with E-state index in [0.29, 0.717) is 0 Å². The number of carbonyl (C=O) groups is 1. The molecule has 1 atom stereocenters. The van der Waals surface area contributed by atoms with Crippen molar-refractivity contribution in [2.75, 3.05) is 0 Å². The minimum atomic E-state index is -0.234. The fourth-order valence-corrected chi connectivity index (χ4v) is 2.93. The number of nitrogens with zero attached hydrogens (tertiary/aromatic N) is 5. The number of hydrogen-bond donors (Lipinski definition) is 1. The monoisotopic (exact) mass is 324 g/mol. The van der Waals surface area contributed by atoms with E-state index in [4.69, 9.17) is 4.52 Å². The van der Waals surface area contributed by atoms with Crippen molar-refractivity contribution in [3.05, 3.63) is 48.4 Å². The van der Waals surface area contributed by atoms with Crippen LogP contribution in [0.25, 0.3) is 11.4 Å². The Labute approximate surface area is 137 Å². The number of fused-ring (bicyclic) bond motifs is 1. The zero-order valence-corrected chi connectivity index (χ0v) is 12.9. The van der Waals surface area contributed by atoms with Gasteiger partial charge in [0.05, 0.1) is 6.20 Å². The van der Waals surface area contributed by atoms with Gasteiger partial charge in [0.1, 0.15) is 5.82 Å². The summed E-state index contributed by atoms with van der Waals surface area (Å²) in [5.41, 5.74) is 0.945. The van der Waals surface area contributed by atoms with E-state index < -0.39 is 0 Å². The highest BCUT2D eigenvalue weighted by atomic mass is 16.5. The van der Waals surface area contributed by atoms with Crippen LogP contribution in [-0.4, -0.2) is 36.9 Å². The van der Waals surface area contributed by atoms with Crippen LogP contribution in [0.1, 0.15) is 29.2 Å². The van der Waals surface area contributed by atoms with Crippen LogP contribution in [0.15, 0.2) is 41.3 Å². The first-order valence-corrected chi connectivity index (χ1v) is 7.85. The zero-order chi connectivity index (χ0) is 16.4. The number of aryl methyl sites for hydroxylation is 1. The molecule has 0 saturated carbocycles. The number of amides is 1. The lowest BCUT2D eigenvalue weighted by molar-refractivity contribution is 0.0895. The van der Waals surface area contributed by atoms with E-state index in [0.717, 1.165) is 43.0 Å². The van der Waals surface area contributed by atoms with Crippen LogP contribution in [0, 0.1) is 0 Å². The van der Waals surface area contributed by atoms with Gasteiger partial charge in [-0.2, -0.15) is 0 Å². The van der Waals surface area contributed by atoms with E-state index in [1.54, 1.807) is 18.5 Å². The summed E-state index contributed by atoms with van der Waals surface area (Å²) in [5, 5.41) is 15.2. The van der Waals surface area contributed by atoms with Crippen molar-refractivity contribution < 1.29 is 9.32 Å². The summed E-state index contributed by atoms with van der Waals surface area (Å²) in [4.78, 5) is 16.2. The van der Waals surface area contributed by atoms with Crippen molar-refractivity contribution in [1.82, 2.24) is 30.2 Å². The van der Waals surface area contributed by atoms with E-state index in [1.165, 1.54) is 6.20 Å². The highest BCUT2D eigenvalue weighted by molar-refractivity contribution is 5.91. The van der Waals surface area contributed by atoms with Crippen LogP contribution in [0.2, 0.25) is 0 Å². The van der Waals surface area contributed by atoms with Gasteiger partial charge in [-0.15, -0.1) is 10.2 Å². The van der Waals surface area contributed by atoms with Gasteiger partial charge in [-0.25, -0.2) is 0 Å². The number of pyridine rings is 1. The molecule has 4 heterocycles. The maximum atomic E-state index is 12.1. The number of aromatic nitrogens is 5. The van der Waals surface area contributed by atoms with Crippen LogP contribution in [-0.2, 0) is 13.0 Å². The molecule has 3 aromatic rings. The second kappa shape index (κ2) is 6.23. The van der Waals surface area contributed by atoms with Gasteiger partial charge in [0.15, 0.2) is 5.82 Å². The highest BCUT2D eigenvalue weighted by Crippen LogP contribution is 2.22. The van der Waals surface area contributed by atoms with Crippen LogP contribution < -0.4 is 5.32 Å². The topological polar surface area (TPSA) is 98.7 Å². The van der Waals surface area contributed by atoms with Crippen molar-refractivity contribution in [3.8, 4) is 11.4 Å². The molecule has 1 aliphatic rings. The summed E-state index contributed by atoms with van der Waals surface area (Å²) in [6.45, 7) is 0.744. The van der Waals surface area contributed by atoms with Gasteiger partial charge in [0, 0.05) is 43.0 Å². The highest BCUT2D eigenvalue weighted by Gasteiger charge is 2.23. The standard InChI is InChI=1S/C16H16N6O2/c23-16(13-5-8-18-24-13)19-12-3-4-14-20-21-15(22(14)9-6-12)11-2-1-7-17-10-11/h1-2,5,7-8,10,12H,3-4,6,9H2,(H,19,23). The Balaban J connectivity index is 1.49. The molecule has 8 heteroatoms. The van der Waals surface area contributed by atoms with Gasteiger partial charge in [-0.05, 0) is 25.0 Å². The quantitative estimate of drug-likeness (QED) is 0.783. The van der Waals surface area contributed by atoms with E-state index in [-0.39, 0.29) is 17.7 Å². The average Bonchev–Trinajstić information content (AvgIpc) is 3.24. The first kappa shape index (κ1) is 14.6. The molecule has 0 saturated heterocycles. The van der Waals surface area contributed by atoms with Crippen molar-refractivity contribution in [2.45, 2.75) is 31.8 Å². The molecule has 0 radical (unpaired) electrons. The fourth-order valence-electron chi connectivity index (χ4n) is 2.93. The second-order valence-corrected chi connectivity index (χ2v) is 5.71. The van der Waals surface area contributed by atoms with Crippen molar-refractivity contribution in [3.63, 3.8) is 0 Å². The van der Waals surface area contributed by atoms with E-state index >= 15 is 0 Å². The van der Waals surface area contributed by atoms with Crippen LogP contribution in [0.3, 0.4) is 0 Å². The predicted octanol–water partition coefficient (Wildman–Crippen LogP) is 1.46. The van der Waals surface area contributed by atoms with Gasteiger partial charge >= 0.3 is 0 Å². The molecular weight excluding hydrogens is 308 g/mol. The minimum absolute atomic E-state index is 0.0612. The first-order chi connectivity index (χ1) is 11.8. The molecule has 0 fully saturated rings. The lowest BCUT2D eigenvalue weighted by atomic mass is 10.1. The molecule has 3 aromatic heterocycles. The molecule has 1 aliphatic heterocycles. The lowest BCUT2D eigenvalue weighted by Crippen LogP contribution is -2.35. The molecule has 8 nitrogen and oxygen atoms in total. The zero-order valence-electron chi connectivity index (χ0n) is 12.9. The summed E-state index contributed by atoms with van der Waals surface area (Å²) in [7, 11) is 0. The number of nitrogens with one attached hydrogen (secondary N) is 1. The summed E-state index contributed by atoms with van der Waals surface area (Å²) in [6, 6.07) is 5.47. The summed E-state index contributed by atoms with van der Waals surface area (Å²) < 4.78 is 7.00. The molecule has 0 spiro atoms. The lowest BCUT2D eigenvalue weighted by Gasteiger charge is -2.15. The Morgan fingerprint density at radius 2 is 2.21 bits per heavy atom. The third-order valence-corrected chi connectivity index (χ3v) is 4.16. The van der Waals surface area contributed by atoms with E-state index in [1.807, 2.05) is 12.1 Å². The van der Waals surface area contributed by atoms with Crippen LogP contribution in [0.5, 0.6) is 0 Å². The Bertz CT molecular complexity index is 828. The second-order valence-electron chi connectivity index (χ2n) is 5.71. The minimum Gasteiger partial charge on any atom is -0.351 e. The molecule has 0 aliphatic carbocycles.